The monoisotopic (exact) mass is 746 g/mol. The van der Waals surface area contributed by atoms with Gasteiger partial charge in [-0.05, 0) is 89.3 Å². The lowest BCUT2D eigenvalue weighted by Crippen LogP contribution is -1.98. The minimum Gasteiger partial charge on any atom is -0.309 e. The molecule has 3 aromatic heterocycles. The average molecular weight is 747 g/mol. The van der Waals surface area contributed by atoms with Crippen molar-refractivity contribution >= 4 is 65.4 Å². The number of hydrogen-bond acceptors (Lipinski definition) is 0. The molecule has 0 N–H and O–H groups in total. The van der Waals surface area contributed by atoms with E-state index in [1.807, 2.05) is 0 Å². The van der Waals surface area contributed by atoms with Crippen LogP contribution in [0.2, 0.25) is 0 Å². The zero-order valence-corrected chi connectivity index (χ0v) is 29.4. The van der Waals surface area contributed by atoms with Crippen molar-refractivity contribution in [1.82, 2.24) is 13.7 Å². The van der Waals surface area contributed by atoms with Gasteiger partial charge in [0.2, 0.25) is 0 Å². The number of hydrogen-bond donors (Lipinski definition) is 0. The number of fused-ring (bicyclic) bond motifs is 9. The summed E-state index contributed by atoms with van der Waals surface area (Å²) in [6.45, 7) is 0. The molecule has 12 aromatic rings. The fourth-order valence-electron chi connectivity index (χ4n) is 7.83. The molecule has 0 aliphatic carbocycles. The molecule has 266 valence electrons. The van der Waals surface area contributed by atoms with Crippen molar-refractivity contribution in [2.75, 3.05) is 0 Å². The highest BCUT2D eigenvalue weighted by atomic mass is 15.0. The zero-order valence-electron chi connectivity index (χ0n) is 50.4. The van der Waals surface area contributed by atoms with E-state index in [2.05, 4.69) is 0 Å². The van der Waals surface area contributed by atoms with E-state index in [9.17, 15) is 17.8 Å². The largest absolute Gasteiger partial charge is 0.309 e. The average Bonchev–Trinajstić information content (AvgIpc) is 4.33. The van der Waals surface area contributed by atoms with Gasteiger partial charge in [-0.3, -0.25) is 0 Å². The van der Waals surface area contributed by atoms with Crippen LogP contribution in [0.5, 0.6) is 0 Å². The van der Waals surface area contributed by atoms with Crippen molar-refractivity contribution in [3.05, 3.63) is 212 Å². The third kappa shape index (κ3) is 4.73. The first-order valence-corrected chi connectivity index (χ1v) is 17.9. The first-order valence-electron chi connectivity index (χ1n) is 28.4. The molecule has 0 spiro atoms. The molecule has 0 amide bonds. The highest BCUT2D eigenvalue weighted by Crippen LogP contribution is 2.43. The molecule has 9 aromatic carbocycles. The molecule has 0 aliphatic rings. The van der Waals surface area contributed by atoms with E-state index in [1.54, 1.807) is 84.9 Å². The van der Waals surface area contributed by atoms with E-state index < -0.39 is 166 Å². The molecule has 0 aliphatic heterocycles. The second-order valence-electron chi connectivity index (χ2n) is 13.3. The Hall–Kier alpha value is -7.62. The Morgan fingerprint density at radius 1 is 0.316 bits per heavy atom. The number of para-hydroxylation sites is 5. The maximum absolute atomic E-state index is 10.1. The Kier molecular flexibility index (Phi) is 3.81. The van der Waals surface area contributed by atoms with E-state index in [1.165, 1.54) is 9.13 Å². The summed E-state index contributed by atoms with van der Waals surface area (Å²) in [6.07, 6.45) is 0. The Balaban J connectivity index is 1.30. The summed E-state index contributed by atoms with van der Waals surface area (Å²) >= 11 is 0. The van der Waals surface area contributed by atoms with Crippen LogP contribution in [0.15, 0.2) is 212 Å². The Labute approximate surface area is 359 Å². The van der Waals surface area contributed by atoms with Crippen LogP contribution < -0.4 is 0 Å². The van der Waals surface area contributed by atoms with Gasteiger partial charge in [-0.25, -0.2) is 0 Å². The minimum absolute atomic E-state index is 0.131. The van der Waals surface area contributed by atoms with E-state index in [0.29, 0.717) is 16.8 Å². The Morgan fingerprint density at radius 2 is 0.807 bits per heavy atom. The van der Waals surface area contributed by atoms with Crippen LogP contribution in [0.3, 0.4) is 0 Å². The van der Waals surface area contributed by atoms with Crippen LogP contribution >= 0.6 is 0 Å². The number of nitrogens with zero attached hydrogens (tertiary/aromatic N) is 3. The topological polar surface area (TPSA) is 14.8 Å². The second kappa shape index (κ2) is 12.5. The van der Waals surface area contributed by atoms with Crippen LogP contribution in [-0.4, -0.2) is 13.7 Å². The fourth-order valence-corrected chi connectivity index (χ4v) is 7.83. The summed E-state index contributed by atoms with van der Waals surface area (Å²) in [5, 5.41) is -1.93. The van der Waals surface area contributed by atoms with Gasteiger partial charge < -0.3 is 13.7 Å². The summed E-state index contributed by atoms with van der Waals surface area (Å²) in [6, 6.07) is 9.08. The van der Waals surface area contributed by atoms with Gasteiger partial charge in [-0.15, -0.1) is 0 Å². The second-order valence-corrected chi connectivity index (χ2v) is 13.3. The Morgan fingerprint density at radius 3 is 1.49 bits per heavy atom. The lowest BCUT2D eigenvalue weighted by Gasteiger charge is -2.15. The maximum atomic E-state index is 10.1. The van der Waals surface area contributed by atoms with Gasteiger partial charge in [0.1, 0.15) is 0 Å². The van der Waals surface area contributed by atoms with Gasteiger partial charge >= 0.3 is 0 Å². The van der Waals surface area contributed by atoms with E-state index >= 15 is 0 Å². The molecule has 3 heteroatoms. The first kappa shape index (κ1) is 17.5. The SMILES string of the molecule is [2H]c1c([2H])c([2H])c2c(c1[2H])c1c([2H])c(-c3c([2H])c([2H])c4c(c3[2H])c3c([2H])c([2H])c([2H])c([2H])c3n4-c3c([2H])c([2H])c([2H])c4c3c3c([2H])c([2H])c([2H])c([2H])c3n4-c3ccccc3-c3ccccc3)c([2H])c([2H])c1n2-c1ccccc1. The fraction of sp³-hybridized carbons (Fsp3) is 0. The number of rotatable bonds is 5. The molecule has 57 heavy (non-hydrogen) atoms. The summed E-state index contributed by atoms with van der Waals surface area (Å²) in [5.74, 6) is 0. The predicted molar refractivity (Wildman–Crippen MR) is 240 cm³/mol. The molecular weight excluding hydrogens is 691 g/mol. The molecule has 0 bridgehead atoms. The van der Waals surface area contributed by atoms with Crippen LogP contribution in [0, 0.1) is 0 Å². The van der Waals surface area contributed by atoms with Gasteiger partial charge in [0.25, 0.3) is 0 Å². The molecule has 12 rings (SSSR count). The molecule has 0 fully saturated rings. The standard InChI is InChI=1S/C54H35N3/c1-3-16-36(17-4-1)40-20-7-11-24-46(40)56-49-27-14-10-23-43(49)54-52(56)28-15-29-53(54)57-48-26-13-9-22-42(48)45-35-38(31-33-51(45)57)37-30-32-50-44(34-37)41-21-8-12-25-47(41)55(50)39-18-5-2-6-19-39/h1-35H/i8D,9D,10D,12D,13D,14D,15D,21D,22D,23D,25D,26D,27D,28D,29D,30D,31D,32D,33D,34D,35D. The normalized spacial score (nSPS) is 17.0. The van der Waals surface area contributed by atoms with E-state index in [4.69, 9.17) is 11.0 Å². The van der Waals surface area contributed by atoms with Gasteiger partial charge in [0.15, 0.2) is 0 Å². The van der Waals surface area contributed by atoms with Crippen LogP contribution in [-0.2, 0) is 0 Å². The molecule has 0 unspecified atom stereocenters. The van der Waals surface area contributed by atoms with Crippen molar-refractivity contribution < 1.29 is 28.8 Å². The molecule has 0 saturated carbocycles. The molecular formula is C54H35N3. The minimum atomic E-state index is -0.881. The van der Waals surface area contributed by atoms with Gasteiger partial charge in [-0.1, -0.05) is 139 Å². The van der Waals surface area contributed by atoms with Crippen molar-refractivity contribution in [3.8, 4) is 39.3 Å². The summed E-state index contributed by atoms with van der Waals surface area (Å²) in [7, 11) is 0. The number of aromatic nitrogens is 3. The van der Waals surface area contributed by atoms with Gasteiger partial charge in [0, 0.05) is 43.6 Å². The molecule has 0 atom stereocenters. The van der Waals surface area contributed by atoms with Crippen molar-refractivity contribution in [3.63, 3.8) is 0 Å². The third-order valence-corrected chi connectivity index (χ3v) is 10.2. The predicted octanol–water partition coefficient (Wildman–Crippen LogP) is 14.3. The highest BCUT2D eigenvalue weighted by molar-refractivity contribution is 6.17. The summed E-state index contributed by atoms with van der Waals surface area (Å²) in [5.41, 5.74) is -1.67. The van der Waals surface area contributed by atoms with Gasteiger partial charge in [0.05, 0.1) is 73.3 Å². The number of benzene rings is 9. The van der Waals surface area contributed by atoms with Crippen molar-refractivity contribution in [1.29, 1.82) is 0 Å². The van der Waals surface area contributed by atoms with E-state index in [-0.39, 0.29) is 49.3 Å². The lowest BCUT2D eigenvalue weighted by atomic mass is 10.0. The third-order valence-electron chi connectivity index (χ3n) is 10.2. The summed E-state index contributed by atoms with van der Waals surface area (Å²) in [4.78, 5) is 0. The van der Waals surface area contributed by atoms with Crippen molar-refractivity contribution in [2.24, 2.45) is 0 Å². The van der Waals surface area contributed by atoms with Crippen LogP contribution in [0.25, 0.3) is 105 Å². The Bertz CT molecular complexity index is 4740. The van der Waals surface area contributed by atoms with E-state index in [0.717, 1.165) is 4.57 Å². The molecule has 3 nitrogen and oxygen atoms in total. The quantitative estimate of drug-likeness (QED) is 0.167. The van der Waals surface area contributed by atoms with Crippen LogP contribution in [0.1, 0.15) is 28.8 Å². The lowest BCUT2D eigenvalue weighted by molar-refractivity contribution is 1.17. The maximum Gasteiger partial charge on any atom is 0.0645 e. The summed E-state index contributed by atoms with van der Waals surface area (Å²) < 4.78 is 200. The molecule has 0 radical (unpaired) electrons. The van der Waals surface area contributed by atoms with Crippen LogP contribution in [0.4, 0.5) is 0 Å². The molecule has 3 heterocycles. The molecule has 0 saturated heterocycles. The first-order chi connectivity index (χ1) is 37.1. The highest BCUT2D eigenvalue weighted by Gasteiger charge is 2.21. The van der Waals surface area contributed by atoms with Crippen molar-refractivity contribution in [2.45, 2.75) is 0 Å². The smallest absolute Gasteiger partial charge is 0.0645 e. The zero-order chi connectivity index (χ0) is 55.7. The van der Waals surface area contributed by atoms with Gasteiger partial charge in [-0.2, -0.15) is 0 Å².